The number of carbonyl (C=O) groups is 1. The molecule has 0 unspecified atom stereocenters. The van der Waals surface area contributed by atoms with Crippen molar-refractivity contribution >= 4 is 57.6 Å². The fourth-order valence-electron chi connectivity index (χ4n) is 3.49. The molecule has 0 bridgehead atoms. The smallest absolute Gasteiger partial charge is 0.271 e. The zero-order valence-corrected chi connectivity index (χ0v) is 19.6. The summed E-state index contributed by atoms with van der Waals surface area (Å²) >= 11 is 7.48. The summed E-state index contributed by atoms with van der Waals surface area (Å²) in [5.74, 6) is 0.536. The summed E-state index contributed by atoms with van der Waals surface area (Å²) in [6, 6.07) is 26.2. The van der Waals surface area contributed by atoms with E-state index in [1.165, 1.54) is 30.0 Å². The van der Waals surface area contributed by atoms with Gasteiger partial charge in [0.15, 0.2) is 5.17 Å². The van der Waals surface area contributed by atoms with Gasteiger partial charge in [0.2, 0.25) is 0 Å². The van der Waals surface area contributed by atoms with E-state index < -0.39 is 4.92 Å². The molecular weight excluding hydrogens is 486 g/mol. The van der Waals surface area contributed by atoms with Gasteiger partial charge in [0.05, 0.1) is 26.2 Å². The van der Waals surface area contributed by atoms with Crippen LogP contribution in [0.5, 0.6) is 0 Å². The van der Waals surface area contributed by atoms with E-state index in [-0.39, 0.29) is 11.6 Å². The minimum atomic E-state index is -0.495. The highest BCUT2D eigenvalue weighted by molar-refractivity contribution is 8.19. The first-order valence-corrected chi connectivity index (χ1v) is 11.7. The Bertz CT molecular complexity index is 1480. The third kappa shape index (κ3) is 4.75. The van der Waals surface area contributed by atoms with Crippen molar-refractivity contribution in [3.8, 4) is 11.3 Å². The lowest BCUT2D eigenvalue weighted by Gasteiger charge is -2.15. The SMILES string of the molecule is O=C1/C(=C/c2ccc(-c3cc([N+](=O)[O-])ccc3Cl)o2)SC(=Nc2ccccc2)N1c1ccccc1. The average molecular weight is 502 g/mol. The number of nitro groups is 1. The molecule has 0 saturated carbocycles. The maximum Gasteiger partial charge on any atom is 0.271 e. The number of furan rings is 1. The fourth-order valence-corrected chi connectivity index (χ4v) is 4.68. The Hall–Kier alpha value is -4.14. The first-order chi connectivity index (χ1) is 17.0. The number of benzene rings is 3. The Morgan fingerprint density at radius 1 is 0.971 bits per heavy atom. The fraction of sp³-hybridized carbons (Fsp3) is 0. The standard InChI is InChI=1S/C26H16ClN3O4S/c27-22-13-11-19(30(32)33)15-21(22)23-14-12-20(34-23)16-24-25(31)29(18-9-5-2-6-10-18)26(35-24)28-17-7-3-1-4-8-17/h1-16H/b24-16-,28-26?. The molecule has 2 heterocycles. The Balaban J connectivity index is 1.51. The largest absolute Gasteiger partial charge is 0.457 e. The number of amides is 1. The molecule has 1 aromatic heterocycles. The van der Waals surface area contributed by atoms with Crippen LogP contribution in [0.3, 0.4) is 0 Å². The molecule has 35 heavy (non-hydrogen) atoms. The van der Waals surface area contributed by atoms with Crippen molar-refractivity contribution in [1.29, 1.82) is 0 Å². The Morgan fingerprint density at radius 3 is 2.40 bits per heavy atom. The molecule has 172 valence electrons. The minimum Gasteiger partial charge on any atom is -0.457 e. The number of hydrogen-bond acceptors (Lipinski definition) is 6. The Kier molecular flexibility index (Phi) is 6.22. The number of amidine groups is 1. The molecule has 5 rings (SSSR count). The number of carbonyl (C=O) groups excluding carboxylic acids is 1. The molecular formula is C26H16ClN3O4S. The van der Waals surface area contributed by atoms with Crippen LogP contribution >= 0.6 is 23.4 Å². The van der Waals surface area contributed by atoms with Gasteiger partial charge in [0.25, 0.3) is 11.6 Å². The molecule has 0 radical (unpaired) electrons. The van der Waals surface area contributed by atoms with E-state index in [0.717, 1.165) is 5.69 Å². The van der Waals surface area contributed by atoms with Crippen molar-refractivity contribution in [1.82, 2.24) is 0 Å². The van der Waals surface area contributed by atoms with E-state index in [9.17, 15) is 14.9 Å². The predicted octanol–water partition coefficient (Wildman–Crippen LogP) is 7.32. The first-order valence-electron chi connectivity index (χ1n) is 10.5. The summed E-state index contributed by atoms with van der Waals surface area (Å²) in [6.45, 7) is 0. The highest BCUT2D eigenvalue weighted by atomic mass is 35.5. The van der Waals surface area contributed by atoms with Gasteiger partial charge in [-0.1, -0.05) is 48.0 Å². The zero-order valence-electron chi connectivity index (χ0n) is 18.0. The maximum absolute atomic E-state index is 13.4. The van der Waals surface area contributed by atoms with Crippen LogP contribution in [-0.2, 0) is 4.79 Å². The third-order valence-electron chi connectivity index (χ3n) is 5.13. The predicted molar refractivity (Wildman–Crippen MR) is 139 cm³/mol. The Morgan fingerprint density at radius 2 is 1.69 bits per heavy atom. The molecule has 1 aliphatic heterocycles. The van der Waals surface area contributed by atoms with Crippen molar-refractivity contribution in [2.24, 2.45) is 4.99 Å². The van der Waals surface area contributed by atoms with Gasteiger partial charge in [-0.05, 0) is 54.2 Å². The molecule has 0 atom stereocenters. The minimum absolute atomic E-state index is 0.0949. The van der Waals surface area contributed by atoms with E-state index in [1.54, 1.807) is 23.1 Å². The van der Waals surface area contributed by atoms with Crippen LogP contribution in [0.25, 0.3) is 17.4 Å². The van der Waals surface area contributed by atoms with E-state index in [2.05, 4.69) is 4.99 Å². The second-order valence-corrected chi connectivity index (χ2v) is 8.86. The summed E-state index contributed by atoms with van der Waals surface area (Å²) in [7, 11) is 0. The van der Waals surface area contributed by atoms with Crippen molar-refractivity contribution in [2.45, 2.75) is 0 Å². The van der Waals surface area contributed by atoms with Gasteiger partial charge in [0, 0.05) is 23.8 Å². The molecule has 1 amide bonds. The van der Waals surface area contributed by atoms with Crippen LogP contribution < -0.4 is 4.90 Å². The van der Waals surface area contributed by atoms with Crippen LogP contribution in [-0.4, -0.2) is 16.0 Å². The number of nitro benzene ring substituents is 1. The molecule has 9 heteroatoms. The zero-order chi connectivity index (χ0) is 24.4. The molecule has 0 N–H and O–H groups in total. The number of nitrogens with zero attached hydrogens (tertiary/aromatic N) is 3. The number of para-hydroxylation sites is 2. The normalized spacial score (nSPS) is 15.8. The first kappa shape index (κ1) is 22.6. The van der Waals surface area contributed by atoms with E-state index >= 15 is 0 Å². The number of aliphatic imine (C=N–C) groups is 1. The van der Waals surface area contributed by atoms with Crippen molar-refractivity contribution in [2.75, 3.05) is 4.90 Å². The van der Waals surface area contributed by atoms with E-state index in [1.807, 2.05) is 60.7 Å². The monoisotopic (exact) mass is 501 g/mol. The second-order valence-electron chi connectivity index (χ2n) is 7.44. The molecule has 1 saturated heterocycles. The van der Waals surface area contributed by atoms with Crippen LogP contribution in [0.4, 0.5) is 17.1 Å². The van der Waals surface area contributed by atoms with Crippen molar-refractivity contribution in [3.05, 3.63) is 117 Å². The maximum atomic E-state index is 13.4. The molecule has 3 aromatic carbocycles. The number of thioether (sulfide) groups is 1. The lowest BCUT2D eigenvalue weighted by atomic mass is 10.1. The van der Waals surface area contributed by atoms with E-state index in [4.69, 9.17) is 16.0 Å². The van der Waals surface area contributed by atoms with Crippen LogP contribution in [0.15, 0.2) is 105 Å². The highest BCUT2D eigenvalue weighted by Gasteiger charge is 2.35. The lowest BCUT2D eigenvalue weighted by molar-refractivity contribution is -0.384. The summed E-state index contributed by atoms with van der Waals surface area (Å²) < 4.78 is 5.88. The molecule has 4 aromatic rings. The van der Waals surface area contributed by atoms with Gasteiger partial charge >= 0.3 is 0 Å². The number of hydrogen-bond donors (Lipinski definition) is 0. The van der Waals surface area contributed by atoms with Gasteiger partial charge in [-0.2, -0.15) is 0 Å². The molecule has 0 aliphatic carbocycles. The summed E-state index contributed by atoms with van der Waals surface area (Å²) in [5, 5.41) is 12.0. The average Bonchev–Trinajstić information content (AvgIpc) is 3.45. The Labute approximate surface area is 209 Å². The lowest BCUT2D eigenvalue weighted by Crippen LogP contribution is -2.28. The topological polar surface area (TPSA) is 88.9 Å². The third-order valence-corrected chi connectivity index (χ3v) is 6.43. The number of rotatable bonds is 5. The quantitative estimate of drug-likeness (QED) is 0.162. The van der Waals surface area contributed by atoms with Crippen LogP contribution in [0.1, 0.15) is 5.76 Å². The summed E-state index contributed by atoms with van der Waals surface area (Å²) in [4.78, 5) is 30.7. The van der Waals surface area contributed by atoms with Crippen LogP contribution in [0, 0.1) is 10.1 Å². The van der Waals surface area contributed by atoms with Gasteiger partial charge in [-0.3, -0.25) is 19.8 Å². The molecule has 0 spiro atoms. The summed E-state index contributed by atoms with van der Waals surface area (Å²) in [5.41, 5.74) is 1.73. The second kappa shape index (κ2) is 9.61. The summed E-state index contributed by atoms with van der Waals surface area (Å²) in [6.07, 6.45) is 1.63. The van der Waals surface area contributed by atoms with Gasteiger partial charge < -0.3 is 4.42 Å². The molecule has 1 fully saturated rings. The number of anilines is 1. The van der Waals surface area contributed by atoms with Gasteiger partial charge in [-0.15, -0.1) is 0 Å². The molecule has 7 nitrogen and oxygen atoms in total. The number of halogens is 1. The van der Waals surface area contributed by atoms with Crippen molar-refractivity contribution < 1.29 is 14.1 Å². The van der Waals surface area contributed by atoms with Gasteiger partial charge in [-0.25, -0.2) is 4.99 Å². The van der Waals surface area contributed by atoms with Gasteiger partial charge in [0.1, 0.15) is 11.5 Å². The van der Waals surface area contributed by atoms with Crippen molar-refractivity contribution in [3.63, 3.8) is 0 Å². The van der Waals surface area contributed by atoms with Crippen LogP contribution in [0.2, 0.25) is 5.02 Å². The highest BCUT2D eigenvalue weighted by Crippen LogP contribution is 2.38. The molecule has 1 aliphatic rings. The number of non-ortho nitro benzene ring substituents is 1. The van der Waals surface area contributed by atoms with E-state index in [0.29, 0.717) is 37.9 Å².